The average Bonchev–Trinajstić information content (AvgIpc) is 3.18. The minimum absolute atomic E-state index is 0.0483. The molecule has 5 nitrogen and oxygen atoms in total. The summed E-state index contributed by atoms with van der Waals surface area (Å²) in [5.41, 5.74) is 0.792. The number of carbonyl (C=O) groups excluding carboxylic acids is 2. The maximum absolute atomic E-state index is 12.4. The number of halogens is 1. The van der Waals surface area contributed by atoms with E-state index in [4.69, 9.17) is 4.74 Å². The Morgan fingerprint density at radius 2 is 1.90 bits per heavy atom. The highest BCUT2D eigenvalue weighted by atomic mass is 79.9. The van der Waals surface area contributed by atoms with Gasteiger partial charge in [-0.05, 0) is 29.7 Å². The van der Waals surface area contributed by atoms with Crippen molar-refractivity contribution in [2.24, 2.45) is 5.92 Å². The molecule has 0 spiro atoms. The Labute approximate surface area is 189 Å². The van der Waals surface area contributed by atoms with Crippen molar-refractivity contribution in [1.29, 1.82) is 0 Å². The third-order valence-electron chi connectivity index (χ3n) is 5.14. The number of rotatable bonds is 5. The second-order valence-electron chi connectivity index (χ2n) is 7.22. The Morgan fingerprint density at radius 3 is 2.77 bits per heavy atom. The minimum Gasteiger partial charge on any atom is -0.480 e. The van der Waals surface area contributed by atoms with Crippen LogP contribution in [0.4, 0.5) is 5.69 Å². The number of ether oxygens (including phenoxy) is 1. The monoisotopic (exact) mass is 476 g/mol. The number of hydrogen-bond donors (Lipinski definition) is 1. The van der Waals surface area contributed by atoms with Gasteiger partial charge in [-0.15, -0.1) is 0 Å². The van der Waals surface area contributed by atoms with Crippen LogP contribution in [0.3, 0.4) is 0 Å². The van der Waals surface area contributed by atoms with Crippen molar-refractivity contribution in [3.63, 3.8) is 0 Å². The van der Waals surface area contributed by atoms with Crippen molar-refractivity contribution in [2.45, 2.75) is 6.42 Å². The first-order chi connectivity index (χ1) is 15.1. The third kappa shape index (κ3) is 5.07. The zero-order valence-corrected chi connectivity index (χ0v) is 18.4. The van der Waals surface area contributed by atoms with E-state index in [1.807, 2.05) is 66.7 Å². The van der Waals surface area contributed by atoms with Gasteiger partial charge >= 0.3 is 0 Å². The molecule has 1 fully saturated rings. The fourth-order valence-corrected chi connectivity index (χ4v) is 3.99. The minimum atomic E-state index is -0.375. The Bertz CT molecular complexity index is 1180. The molecule has 0 aliphatic carbocycles. The lowest BCUT2D eigenvalue weighted by atomic mass is 10.1. The number of amides is 2. The number of nitrogens with one attached hydrogen (secondary N) is 1. The van der Waals surface area contributed by atoms with Gasteiger partial charge in [0.25, 0.3) is 0 Å². The van der Waals surface area contributed by atoms with Crippen LogP contribution in [0.5, 0.6) is 5.75 Å². The van der Waals surface area contributed by atoms with Crippen LogP contribution >= 0.6 is 15.9 Å². The van der Waals surface area contributed by atoms with Crippen molar-refractivity contribution in [3.8, 4) is 17.6 Å². The standard InChI is InChI=1S/C25H21BrN2O3/c26-20-9-6-10-21(16-20)28-17-19(15-24(28)29)25(30)27-13-3-4-14-31-23-12-5-8-18-7-1-2-11-22(18)23/h1-2,5-12,16,19H,13-15,17H2,(H,27,30). The van der Waals surface area contributed by atoms with Crippen LogP contribution in [0.1, 0.15) is 6.42 Å². The van der Waals surface area contributed by atoms with Crippen LogP contribution < -0.4 is 15.0 Å². The Hall–Kier alpha value is -3.30. The molecule has 1 heterocycles. The van der Waals surface area contributed by atoms with Gasteiger partial charge in [0, 0.05) is 28.5 Å². The van der Waals surface area contributed by atoms with Crippen LogP contribution in [-0.4, -0.2) is 31.5 Å². The largest absolute Gasteiger partial charge is 0.480 e. The number of fused-ring (bicyclic) bond motifs is 1. The summed E-state index contributed by atoms with van der Waals surface area (Å²) < 4.78 is 6.67. The highest BCUT2D eigenvalue weighted by Crippen LogP contribution is 2.27. The third-order valence-corrected chi connectivity index (χ3v) is 5.63. The molecule has 1 N–H and O–H groups in total. The lowest BCUT2D eigenvalue weighted by molar-refractivity contribution is -0.126. The van der Waals surface area contributed by atoms with Crippen molar-refractivity contribution in [2.75, 3.05) is 24.6 Å². The second kappa shape index (κ2) is 9.67. The fourth-order valence-electron chi connectivity index (χ4n) is 3.60. The van der Waals surface area contributed by atoms with Gasteiger partial charge in [-0.3, -0.25) is 9.59 Å². The van der Waals surface area contributed by atoms with Crippen molar-refractivity contribution in [1.82, 2.24) is 5.32 Å². The summed E-state index contributed by atoms with van der Waals surface area (Å²) in [6.07, 6.45) is 0.204. The number of benzene rings is 3. The number of carbonyl (C=O) groups is 2. The Morgan fingerprint density at radius 1 is 1.10 bits per heavy atom. The summed E-state index contributed by atoms with van der Waals surface area (Å²) in [6, 6.07) is 21.4. The molecular formula is C25H21BrN2O3. The molecule has 0 bridgehead atoms. The summed E-state index contributed by atoms with van der Waals surface area (Å²) >= 11 is 3.41. The SMILES string of the molecule is O=C(NCC#CCOc1cccc2ccccc12)C1CC(=O)N(c2cccc(Br)c2)C1. The van der Waals surface area contributed by atoms with Crippen LogP contribution in [0, 0.1) is 17.8 Å². The normalized spacial score (nSPS) is 15.5. The molecule has 1 aliphatic heterocycles. The van der Waals surface area contributed by atoms with Crippen molar-refractivity contribution < 1.29 is 14.3 Å². The summed E-state index contributed by atoms with van der Waals surface area (Å²) in [4.78, 5) is 26.4. The smallest absolute Gasteiger partial charge is 0.227 e. The Balaban J connectivity index is 1.25. The van der Waals surface area contributed by atoms with E-state index in [9.17, 15) is 9.59 Å². The van der Waals surface area contributed by atoms with E-state index in [1.54, 1.807) is 4.90 Å². The van der Waals surface area contributed by atoms with Gasteiger partial charge in [0.2, 0.25) is 11.8 Å². The number of hydrogen-bond acceptors (Lipinski definition) is 3. The van der Waals surface area contributed by atoms with Crippen LogP contribution in [0.2, 0.25) is 0 Å². The molecule has 4 rings (SSSR count). The predicted octanol–water partition coefficient (Wildman–Crippen LogP) is 4.15. The maximum Gasteiger partial charge on any atom is 0.227 e. The fraction of sp³-hybridized carbons (Fsp3) is 0.200. The zero-order valence-electron chi connectivity index (χ0n) is 16.8. The Kier molecular flexibility index (Phi) is 6.54. The zero-order chi connectivity index (χ0) is 21.6. The lowest BCUT2D eigenvalue weighted by Gasteiger charge is -2.16. The van der Waals surface area contributed by atoms with Gasteiger partial charge in [-0.25, -0.2) is 0 Å². The molecule has 1 saturated heterocycles. The van der Waals surface area contributed by atoms with Gasteiger partial charge < -0.3 is 15.0 Å². The second-order valence-corrected chi connectivity index (χ2v) is 8.14. The molecule has 1 aliphatic rings. The van der Waals surface area contributed by atoms with E-state index < -0.39 is 0 Å². The molecular weight excluding hydrogens is 456 g/mol. The average molecular weight is 477 g/mol. The highest BCUT2D eigenvalue weighted by molar-refractivity contribution is 9.10. The summed E-state index contributed by atoms with van der Waals surface area (Å²) in [5.74, 6) is 6.04. The molecule has 3 aromatic rings. The number of nitrogens with zero attached hydrogens (tertiary/aromatic N) is 1. The molecule has 3 aromatic carbocycles. The maximum atomic E-state index is 12.4. The number of anilines is 1. The van der Waals surface area contributed by atoms with E-state index in [0.717, 1.165) is 26.7 Å². The molecule has 0 aromatic heterocycles. The molecule has 0 radical (unpaired) electrons. The highest BCUT2D eigenvalue weighted by Gasteiger charge is 2.34. The van der Waals surface area contributed by atoms with Gasteiger partial charge in [-0.1, -0.05) is 70.2 Å². The molecule has 31 heavy (non-hydrogen) atoms. The van der Waals surface area contributed by atoms with Gasteiger partial charge in [0.15, 0.2) is 0 Å². The molecule has 2 amide bonds. The van der Waals surface area contributed by atoms with Gasteiger partial charge in [-0.2, -0.15) is 0 Å². The summed E-state index contributed by atoms with van der Waals surface area (Å²) in [6.45, 7) is 0.834. The first-order valence-corrected chi connectivity index (χ1v) is 10.8. The van der Waals surface area contributed by atoms with E-state index in [1.165, 1.54) is 0 Å². The molecule has 1 atom stereocenters. The lowest BCUT2D eigenvalue weighted by Crippen LogP contribution is -2.33. The van der Waals surface area contributed by atoms with E-state index in [-0.39, 0.29) is 37.3 Å². The van der Waals surface area contributed by atoms with E-state index >= 15 is 0 Å². The van der Waals surface area contributed by atoms with Crippen LogP contribution in [0.25, 0.3) is 10.8 Å². The van der Waals surface area contributed by atoms with Crippen molar-refractivity contribution in [3.05, 3.63) is 71.2 Å². The first kappa shape index (κ1) is 21.0. The molecule has 6 heteroatoms. The van der Waals surface area contributed by atoms with Crippen LogP contribution in [0.15, 0.2) is 71.2 Å². The first-order valence-electron chi connectivity index (χ1n) is 10.0. The van der Waals surface area contributed by atoms with E-state index in [2.05, 4.69) is 33.1 Å². The van der Waals surface area contributed by atoms with Crippen molar-refractivity contribution >= 4 is 44.2 Å². The summed E-state index contributed by atoms with van der Waals surface area (Å²) in [5, 5.41) is 4.96. The molecule has 156 valence electrons. The van der Waals surface area contributed by atoms with Gasteiger partial charge in [0.1, 0.15) is 12.4 Å². The molecule has 1 unspecified atom stereocenters. The topological polar surface area (TPSA) is 58.6 Å². The molecule has 0 saturated carbocycles. The predicted molar refractivity (Wildman–Crippen MR) is 125 cm³/mol. The quantitative estimate of drug-likeness (QED) is 0.562. The van der Waals surface area contributed by atoms with Crippen LogP contribution in [-0.2, 0) is 9.59 Å². The van der Waals surface area contributed by atoms with Gasteiger partial charge in [0.05, 0.1) is 12.5 Å². The summed E-state index contributed by atoms with van der Waals surface area (Å²) in [7, 11) is 0. The van der Waals surface area contributed by atoms with E-state index in [0.29, 0.717) is 6.54 Å².